The predicted octanol–water partition coefficient (Wildman–Crippen LogP) is 3.09. The number of para-hydroxylation sites is 1. The Morgan fingerprint density at radius 2 is 1.87 bits per heavy atom. The zero-order valence-electron chi connectivity index (χ0n) is 9.92. The summed E-state index contributed by atoms with van der Waals surface area (Å²) in [4.78, 5) is 3.47. The lowest BCUT2D eigenvalue weighted by molar-refractivity contribution is 0.413. The van der Waals surface area contributed by atoms with E-state index < -0.39 is 8.24 Å². The summed E-state index contributed by atoms with van der Waals surface area (Å²) in [5.74, 6) is 0.869. The molecule has 0 aliphatic rings. The Bertz CT molecular complexity index is 355. The zero-order chi connectivity index (χ0) is 11.5. The second-order valence-corrected chi connectivity index (χ2v) is 9.30. The number of nitrogens with one attached hydrogen (secondary N) is 1. The first-order valence-corrected chi connectivity index (χ1v) is 8.54. The molecule has 0 heterocycles. The standard InChI is InChI=1S/C12H19NOSi/c1-10(13-15(3,4)5)11-8-6-7-9-12(11)14-2/h6-9,13H,1H2,2-5H3. The molecule has 1 aromatic rings. The number of rotatable bonds is 4. The lowest BCUT2D eigenvalue weighted by Crippen LogP contribution is -2.39. The van der Waals surface area contributed by atoms with E-state index in [1.165, 1.54) is 0 Å². The molecule has 15 heavy (non-hydrogen) atoms. The van der Waals surface area contributed by atoms with Crippen LogP contribution in [0.1, 0.15) is 5.56 Å². The molecule has 0 radical (unpaired) electrons. The van der Waals surface area contributed by atoms with Gasteiger partial charge in [0, 0.05) is 11.3 Å². The summed E-state index contributed by atoms with van der Waals surface area (Å²) < 4.78 is 5.30. The second-order valence-electron chi connectivity index (χ2n) is 4.55. The van der Waals surface area contributed by atoms with Gasteiger partial charge in [0.25, 0.3) is 0 Å². The maximum Gasteiger partial charge on any atom is 0.144 e. The highest BCUT2D eigenvalue weighted by molar-refractivity contribution is 6.74. The quantitative estimate of drug-likeness (QED) is 0.789. The molecule has 0 aromatic heterocycles. The van der Waals surface area contributed by atoms with Crippen molar-refractivity contribution in [3.63, 3.8) is 0 Å². The van der Waals surface area contributed by atoms with Crippen LogP contribution in [0.3, 0.4) is 0 Å². The Hall–Kier alpha value is -1.22. The summed E-state index contributed by atoms with van der Waals surface area (Å²) in [6.07, 6.45) is 0. The van der Waals surface area contributed by atoms with Crippen molar-refractivity contribution < 1.29 is 4.74 Å². The number of ether oxygens (including phenoxy) is 1. The van der Waals surface area contributed by atoms with Crippen molar-refractivity contribution in [2.24, 2.45) is 0 Å². The van der Waals surface area contributed by atoms with Gasteiger partial charge in [-0.2, -0.15) is 0 Å². The molecule has 0 unspecified atom stereocenters. The van der Waals surface area contributed by atoms with E-state index in [9.17, 15) is 0 Å². The van der Waals surface area contributed by atoms with Crippen LogP contribution in [0.4, 0.5) is 0 Å². The SMILES string of the molecule is C=C(N[Si](C)(C)C)c1ccccc1OC. The summed E-state index contributed by atoms with van der Waals surface area (Å²) in [7, 11) is 0.337. The number of hydrogen-bond acceptors (Lipinski definition) is 2. The minimum atomic E-state index is -1.34. The third kappa shape index (κ3) is 3.44. The van der Waals surface area contributed by atoms with Crippen molar-refractivity contribution >= 4 is 13.9 Å². The van der Waals surface area contributed by atoms with Crippen molar-refractivity contribution in [1.29, 1.82) is 0 Å². The molecule has 0 saturated heterocycles. The van der Waals surface area contributed by atoms with Crippen LogP contribution in [-0.4, -0.2) is 15.3 Å². The molecule has 0 aliphatic carbocycles. The molecule has 0 aliphatic heterocycles. The van der Waals surface area contributed by atoms with Gasteiger partial charge in [-0.15, -0.1) is 0 Å². The van der Waals surface area contributed by atoms with Crippen LogP contribution in [0.15, 0.2) is 30.8 Å². The maximum absolute atomic E-state index is 5.30. The molecule has 2 nitrogen and oxygen atoms in total. The molecular formula is C12H19NOSi. The summed E-state index contributed by atoms with van der Waals surface area (Å²) in [6.45, 7) is 10.8. The van der Waals surface area contributed by atoms with Crippen LogP contribution in [0.2, 0.25) is 19.6 Å². The summed E-state index contributed by atoms with van der Waals surface area (Å²) >= 11 is 0. The van der Waals surface area contributed by atoms with E-state index in [0.717, 1.165) is 17.0 Å². The molecule has 0 bridgehead atoms. The Morgan fingerprint density at radius 3 is 2.40 bits per heavy atom. The molecule has 0 amide bonds. The van der Waals surface area contributed by atoms with Gasteiger partial charge in [-0.05, 0) is 12.1 Å². The van der Waals surface area contributed by atoms with E-state index in [-0.39, 0.29) is 0 Å². The van der Waals surface area contributed by atoms with Crippen LogP contribution in [0, 0.1) is 0 Å². The minimum absolute atomic E-state index is 0.869. The highest BCUT2D eigenvalue weighted by Gasteiger charge is 2.15. The lowest BCUT2D eigenvalue weighted by Gasteiger charge is -2.22. The number of benzene rings is 1. The van der Waals surface area contributed by atoms with Gasteiger partial charge in [0.05, 0.1) is 7.11 Å². The minimum Gasteiger partial charge on any atom is -0.496 e. The molecule has 1 aromatic carbocycles. The molecule has 82 valence electrons. The number of hydrogen-bond donors (Lipinski definition) is 1. The third-order valence-electron chi connectivity index (χ3n) is 1.96. The molecular weight excluding hydrogens is 202 g/mol. The van der Waals surface area contributed by atoms with Crippen molar-refractivity contribution in [2.75, 3.05) is 7.11 Å². The monoisotopic (exact) mass is 221 g/mol. The fraction of sp³-hybridized carbons (Fsp3) is 0.333. The van der Waals surface area contributed by atoms with E-state index in [1.54, 1.807) is 7.11 Å². The molecule has 1 N–H and O–H groups in total. The van der Waals surface area contributed by atoms with Gasteiger partial charge in [0.15, 0.2) is 0 Å². The fourth-order valence-electron chi connectivity index (χ4n) is 1.41. The highest BCUT2D eigenvalue weighted by atomic mass is 28.3. The maximum atomic E-state index is 5.30. The van der Waals surface area contributed by atoms with Gasteiger partial charge in [-0.25, -0.2) is 0 Å². The van der Waals surface area contributed by atoms with E-state index in [1.807, 2.05) is 24.3 Å². The average molecular weight is 221 g/mol. The molecule has 0 fully saturated rings. The summed E-state index contributed by atoms with van der Waals surface area (Å²) in [5, 5.41) is 0. The first-order chi connectivity index (χ1) is 6.94. The van der Waals surface area contributed by atoms with E-state index in [2.05, 4.69) is 31.2 Å². The predicted molar refractivity (Wildman–Crippen MR) is 68.5 cm³/mol. The second kappa shape index (κ2) is 4.53. The fourth-order valence-corrected chi connectivity index (χ4v) is 2.45. The van der Waals surface area contributed by atoms with Crippen LogP contribution >= 0.6 is 0 Å². The molecule has 1 rings (SSSR count). The molecule has 0 atom stereocenters. The van der Waals surface area contributed by atoms with Crippen molar-refractivity contribution in [3.05, 3.63) is 36.4 Å². The van der Waals surface area contributed by atoms with Crippen LogP contribution in [0.25, 0.3) is 5.70 Å². The van der Waals surface area contributed by atoms with Gasteiger partial charge in [-0.3, -0.25) is 0 Å². The Kier molecular flexibility index (Phi) is 3.58. The lowest BCUT2D eigenvalue weighted by atomic mass is 10.1. The van der Waals surface area contributed by atoms with Crippen LogP contribution in [-0.2, 0) is 0 Å². The van der Waals surface area contributed by atoms with Gasteiger partial charge < -0.3 is 9.72 Å². The first-order valence-electron chi connectivity index (χ1n) is 5.04. The van der Waals surface area contributed by atoms with Crippen LogP contribution in [0.5, 0.6) is 5.75 Å². The third-order valence-corrected chi connectivity index (χ3v) is 3.01. The zero-order valence-corrected chi connectivity index (χ0v) is 10.9. The highest BCUT2D eigenvalue weighted by Crippen LogP contribution is 2.23. The molecule has 3 heteroatoms. The Morgan fingerprint density at radius 1 is 1.27 bits per heavy atom. The van der Waals surface area contributed by atoms with Crippen LogP contribution < -0.4 is 9.72 Å². The number of methoxy groups -OCH3 is 1. The van der Waals surface area contributed by atoms with E-state index in [4.69, 9.17) is 4.74 Å². The Labute approximate surface area is 93.1 Å². The average Bonchev–Trinajstić information content (AvgIpc) is 2.15. The first kappa shape index (κ1) is 11.8. The Balaban J connectivity index is 2.91. The normalized spacial score (nSPS) is 10.9. The summed E-state index contributed by atoms with van der Waals surface area (Å²) in [5.41, 5.74) is 1.99. The smallest absolute Gasteiger partial charge is 0.144 e. The van der Waals surface area contributed by atoms with Gasteiger partial charge in [-0.1, -0.05) is 38.4 Å². The largest absolute Gasteiger partial charge is 0.496 e. The van der Waals surface area contributed by atoms with Crippen molar-refractivity contribution in [1.82, 2.24) is 4.98 Å². The topological polar surface area (TPSA) is 21.3 Å². The van der Waals surface area contributed by atoms with E-state index >= 15 is 0 Å². The molecule has 0 spiro atoms. The van der Waals surface area contributed by atoms with Gasteiger partial charge in [0.1, 0.15) is 14.0 Å². The molecule has 0 saturated carbocycles. The van der Waals surface area contributed by atoms with E-state index in [0.29, 0.717) is 0 Å². The summed E-state index contributed by atoms with van der Waals surface area (Å²) in [6, 6.07) is 7.93. The van der Waals surface area contributed by atoms with Gasteiger partial charge in [0.2, 0.25) is 0 Å². The van der Waals surface area contributed by atoms with Gasteiger partial charge >= 0.3 is 0 Å². The van der Waals surface area contributed by atoms with Crippen molar-refractivity contribution in [3.8, 4) is 5.75 Å². The van der Waals surface area contributed by atoms with Crippen molar-refractivity contribution in [2.45, 2.75) is 19.6 Å².